The number of ether oxygens (including phenoxy) is 1. The smallest absolute Gasteiger partial charge is 0.357 e. The summed E-state index contributed by atoms with van der Waals surface area (Å²) < 4.78 is 4.94. The maximum absolute atomic E-state index is 11.6. The molecule has 0 saturated carbocycles. The van der Waals surface area contributed by atoms with Crippen LogP contribution in [0, 0.1) is 10.1 Å². The van der Waals surface area contributed by atoms with Gasteiger partial charge in [-0.1, -0.05) is 6.07 Å². The molecule has 0 amide bonds. The summed E-state index contributed by atoms with van der Waals surface area (Å²) in [5.41, 5.74) is -0.171. The number of carbonyl (C=O) groups excluding carboxylic acids is 1. The van der Waals surface area contributed by atoms with Gasteiger partial charge in [0.2, 0.25) is 0 Å². The molecule has 1 N–H and O–H groups in total. The number of benzene rings is 1. The number of hydrogen-bond acceptors (Lipinski definition) is 6. The molecule has 2 rings (SSSR count). The Morgan fingerprint density at radius 1 is 1.39 bits per heavy atom. The van der Waals surface area contributed by atoms with Crippen LogP contribution in [0.3, 0.4) is 0 Å². The Morgan fingerprint density at radius 3 is 2.78 bits per heavy atom. The van der Waals surface area contributed by atoms with E-state index in [1.807, 2.05) is 0 Å². The second-order valence-corrected chi connectivity index (χ2v) is 4.20. The number of hydrogen-bond donors (Lipinski definition) is 1. The van der Waals surface area contributed by atoms with Crippen molar-refractivity contribution in [2.75, 3.05) is 0 Å². The van der Waals surface area contributed by atoms with Crippen molar-refractivity contribution in [2.45, 2.75) is 0 Å². The van der Waals surface area contributed by atoms with Crippen molar-refractivity contribution in [2.24, 2.45) is 0 Å². The molecule has 1 aromatic carbocycles. The van der Waals surface area contributed by atoms with E-state index in [1.165, 1.54) is 24.3 Å². The van der Waals surface area contributed by atoms with E-state index in [-0.39, 0.29) is 22.1 Å². The van der Waals surface area contributed by atoms with Crippen LogP contribution in [0.1, 0.15) is 9.67 Å². The minimum Gasteiger partial charge on any atom is -0.506 e. The second-order valence-electron chi connectivity index (χ2n) is 3.28. The minimum absolute atomic E-state index is 0.0570. The molecule has 0 aliphatic carbocycles. The molecular formula is C11H7NO5S. The third-order valence-corrected chi connectivity index (χ3v) is 2.95. The minimum atomic E-state index is -0.747. The molecule has 0 unspecified atom stereocenters. The van der Waals surface area contributed by atoms with Gasteiger partial charge in [-0.25, -0.2) is 4.79 Å². The standard InChI is InChI=1S/C11H7NO5S/c13-9-4-5-18-10(9)11(14)17-8-3-1-2-7(6-8)12(15)16/h1-6,13H. The first-order valence-corrected chi connectivity index (χ1v) is 5.69. The zero-order chi connectivity index (χ0) is 13.1. The summed E-state index contributed by atoms with van der Waals surface area (Å²) in [6.07, 6.45) is 0. The zero-order valence-electron chi connectivity index (χ0n) is 8.90. The van der Waals surface area contributed by atoms with E-state index in [2.05, 4.69) is 0 Å². The van der Waals surface area contributed by atoms with Crippen LogP contribution in [0.2, 0.25) is 0 Å². The molecule has 6 nitrogen and oxygen atoms in total. The normalized spacial score (nSPS) is 10.0. The highest BCUT2D eigenvalue weighted by Gasteiger charge is 2.16. The van der Waals surface area contributed by atoms with E-state index >= 15 is 0 Å². The van der Waals surface area contributed by atoms with Gasteiger partial charge in [-0.2, -0.15) is 0 Å². The topological polar surface area (TPSA) is 89.7 Å². The molecule has 0 bridgehead atoms. The maximum atomic E-state index is 11.6. The number of nitrogens with zero attached hydrogens (tertiary/aromatic N) is 1. The quantitative estimate of drug-likeness (QED) is 0.398. The highest BCUT2D eigenvalue weighted by molar-refractivity contribution is 7.12. The Hall–Kier alpha value is -2.41. The molecule has 0 atom stereocenters. The number of carbonyl (C=O) groups is 1. The lowest BCUT2D eigenvalue weighted by Gasteiger charge is -2.02. The summed E-state index contributed by atoms with van der Waals surface area (Å²) >= 11 is 1.03. The van der Waals surface area contributed by atoms with Crippen molar-refractivity contribution in [3.63, 3.8) is 0 Å². The summed E-state index contributed by atoms with van der Waals surface area (Å²) in [5.74, 6) is -0.861. The van der Waals surface area contributed by atoms with Gasteiger partial charge in [0.1, 0.15) is 11.5 Å². The Labute approximate surface area is 105 Å². The van der Waals surface area contributed by atoms with Crippen LogP contribution in [0.4, 0.5) is 5.69 Å². The fourth-order valence-corrected chi connectivity index (χ4v) is 1.93. The maximum Gasteiger partial charge on any atom is 0.357 e. The lowest BCUT2D eigenvalue weighted by Crippen LogP contribution is -2.06. The molecule has 0 fully saturated rings. The SMILES string of the molecule is O=C(Oc1cccc([N+](=O)[O-])c1)c1sccc1O. The summed E-state index contributed by atoms with van der Waals surface area (Å²) in [6.45, 7) is 0. The van der Waals surface area contributed by atoms with Crippen molar-refractivity contribution in [1.82, 2.24) is 0 Å². The van der Waals surface area contributed by atoms with Gasteiger partial charge in [0.25, 0.3) is 5.69 Å². The van der Waals surface area contributed by atoms with E-state index < -0.39 is 10.9 Å². The molecule has 0 aliphatic rings. The molecule has 2 aromatic rings. The second kappa shape index (κ2) is 4.84. The van der Waals surface area contributed by atoms with Crippen molar-refractivity contribution in [1.29, 1.82) is 0 Å². The highest BCUT2D eigenvalue weighted by Crippen LogP contribution is 2.26. The van der Waals surface area contributed by atoms with Crippen LogP contribution in [-0.2, 0) is 0 Å². The van der Waals surface area contributed by atoms with Gasteiger partial charge < -0.3 is 9.84 Å². The molecule has 0 saturated heterocycles. The lowest BCUT2D eigenvalue weighted by atomic mass is 10.3. The van der Waals surface area contributed by atoms with Crippen LogP contribution in [0.15, 0.2) is 35.7 Å². The molecule has 0 spiro atoms. The average molecular weight is 265 g/mol. The van der Waals surface area contributed by atoms with Crippen molar-refractivity contribution in [3.05, 3.63) is 50.7 Å². The van der Waals surface area contributed by atoms with Gasteiger partial charge in [-0.3, -0.25) is 10.1 Å². The summed E-state index contributed by atoms with van der Waals surface area (Å²) in [5, 5.41) is 21.4. The van der Waals surface area contributed by atoms with Crippen LogP contribution in [-0.4, -0.2) is 16.0 Å². The third-order valence-electron chi connectivity index (χ3n) is 2.07. The Kier molecular flexibility index (Phi) is 3.24. The number of thiophene rings is 1. The first-order chi connectivity index (χ1) is 8.58. The van der Waals surface area contributed by atoms with Crippen LogP contribution < -0.4 is 4.74 Å². The number of rotatable bonds is 3. The number of aromatic hydroxyl groups is 1. The summed E-state index contributed by atoms with van der Waals surface area (Å²) in [6, 6.07) is 6.64. The lowest BCUT2D eigenvalue weighted by molar-refractivity contribution is -0.384. The molecule has 0 aliphatic heterocycles. The molecule has 92 valence electrons. The van der Waals surface area contributed by atoms with Gasteiger partial charge in [-0.05, 0) is 17.5 Å². The van der Waals surface area contributed by atoms with Gasteiger partial charge in [0, 0.05) is 6.07 Å². The molecular weight excluding hydrogens is 258 g/mol. The number of nitro benzene ring substituents is 1. The summed E-state index contributed by atoms with van der Waals surface area (Å²) in [4.78, 5) is 21.7. The van der Waals surface area contributed by atoms with Gasteiger partial charge >= 0.3 is 5.97 Å². The number of esters is 1. The van der Waals surface area contributed by atoms with E-state index in [0.717, 1.165) is 17.4 Å². The van der Waals surface area contributed by atoms with Crippen LogP contribution in [0.25, 0.3) is 0 Å². The first kappa shape index (κ1) is 12.1. The molecule has 1 aromatic heterocycles. The molecule has 18 heavy (non-hydrogen) atoms. The average Bonchev–Trinajstić information content (AvgIpc) is 2.76. The monoisotopic (exact) mass is 265 g/mol. The highest BCUT2D eigenvalue weighted by atomic mass is 32.1. The van der Waals surface area contributed by atoms with E-state index in [9.17, 15) is 20.0 Å². The Morgan fingerprint density at radius 2 is 2.17 bits per heavy atom. The van der Waals surface area contributed by atoms with Crippen molar-refractivity contribution >= 4 is 23.0 Å². The number of nitro groups is 1. The van der Waals surface area contributed by atoms with Crippen LogP contribution >= 0.6 is 11.3 Å². The van der Waals surface area contributed by atoms with Gasteiger partial charge in [0.15, 0.2) is 4.88 Å². The molecule has 0 radical (unpaired) electrons. The fraction of sp³-hybridized carbons (Fsp3) is 0. The van der Waals surface area contributed by atoms with E-state index in [1.54, 1.807) is 5.38 Å². The molecule has 7 heteroatoms. The molecule has 1 heterocycles. The van der Waals surface area contributed by atoms with E-state index in [4.69, 9.17) is 4.74 Å². The predicted molar refractivity (Wildman–Crippen MR) is 64.0 cm³/mol. The first-order valence-electron chi connectivity index (χ1n) is 4.81. The van der Waals surface area contributed by atoms with Gasteiger partial charge in [0.05, 0.1) is 11.0 Å². The number of non-ortho nitro benzene ring substituents is 1. The predicted octanol–water partition coefficient (Wildman–Crippen LogP) is 2.58. The third kappa shape index (κ3) is 2.46. The van der Waals surface area contributed by atoms with Crippen molar-refractivity contribution in [3.8, 4) is 11.5 Å². The van der Waals surface area contributed by atoms with Gasteiger partial charge in [-0.15, -0.1) is 11.3 Å². The van der Waals surface area contributed by atoms with Crippen molar-refractivity contribution < 1.29 is 19.6 Å². The van der Waals surface area contributed by atoms with Crippen LogP contribution in [0.5, 0.6) is 11.5 Å². The Bertz CT molecular complexity index is 607. The largest absolute Gasteiger partial charge is 0.506 e. The zero-order valence-corrected chi connectivity index (χ0v) is 9.72. The summed E-state index contributed by atoms with van der Waals surface area (Å²) in [7, 11) is 0. The van der Waals surface area contributed by atoms with E-state index in [0.29, 0.717) is 0 Å². The Balaban J connectivity index is 2.20. The fourth-order valence-electron chi connectivity index (χ4n) is 1.27.